The molecule has 0 radical (unpaired) electrons. The fourth-order valence-electron chi connectivity index (χ4n) is 3.18. The monoisotopic (exact) mass is 367 g/mol. The van der Waals surface area contributed by atoms with E-state index in [0.717, 1.165) is 21.0 Å². The van der Waals surface area contributed by atoms with Crippen molar-refractivity contribution in [3.05, 3.63) is 52.2 Å². The Hall–Kier alpha value is -3.00. The first-order chi connectivity index (χ1) is 12.6. The lowest BCUT2D eigenvalue weighted by molar-refractivity contribution is -0.116. The summed E-state index contributed by atoms with van der Waals surface area (Å²) in [6, 6.07) is 8.05. The van der Waals surface area contributed by atoms with Gasteiger partial charge in [0.05, 0.1) is 0 Å². The minimum absolute atomic E-state index is 0.122. The maximum absolute atomic E-state index is 12.2. The number of anilines is 1. The summed E-state index contributed by atoms with van der Waals surface area (Å²) in [5, 5.41) is 13.1. The second-order valence-corrected chi connectivity index (χ2v) is 7.19. The van der Waals surface area contributed by atoms with Gasteiger partial charge in [0.1, 0.15) is 10.7 Å². The summed E-state index contributed by atoms with van der Waals surface area (Å²) in [4.78, 5) is 29.8. The summed E-state index contributed by atoms with van der Waals surface area (Å²) < 4.78 is 0. The van der Waals surface area contributed by atoms with Gasteiger partial charge >= 0.3 is 0 Å². The Balaban J connectivity index is 1.78. The van der Waals surface area contributed by atoms with Gasteiger partial charge in [-0.2, -0.15) is 5.10 Å². The molecule has 0 bridgehead atoms. The van der Waals surface area contributed by atoms with E-state index >= 15 is 0 Å². The van der Waals surface area contributed by atoms with Gasteiger partial charge in [0.25, 0.3) is 5.91 Å². The maximum atomic E-state index is 12.2. The molecule has 0 fully saturated rings. The molecule has 26 heavy (non-hydrogen) atoms. The lowest BCUT2D eigenvalue weighted by Crippen LogP contribution is -2.26. The molecule has 0 saturated heterocycles. The number of aryl methyl sites for hydroxylation is 1. The van der Waals surface area contributed by atoms with Gasteiger partial charge in [0.15, 0.2) is 5.82 Å². The second kappa shape index (κ2) is 6.38. The van der Waals surface area contributed by atoms with Crippen LogP contribution in [0, 0.1) is 6.92 Å². The van der Waals surface area contributed by atoms with Crippen molar-refractivity contribution in [2.24, 2.45) is 0 Å². The number of aromatic nitrogens is 3. The van der Waals surface area contributed by atoms with Gasteiger partial charge in [0.2, 0.25) is 5.91 Å². The number of hydrogen-bond donors (Lipinski definition) is 3. The van der Waals surface area contributed by atoms with E-state index in [9.17, 15) is 9.59 Å². The predicted molar refractivity (Wildman–Crippen MR) is 99.4 cm³/mol. The molecule has 3 heterocycles. The fourth-order valence-corrected chi connectivity index (χ4v) is 4.30. The van der Waals surface area contributed by atoms with Crippen LogP contribution in [0.1, 0.15) is 38.8 Å². The van der Waals surface area contributed by atoms with Gasteiger partial charge in [-0.3, -0.25) is 14.7 Å². The molecule has 1 aliphatic heterocycles. The third-order valence-corrected chi connectivity index (χ3v) is 5.64. The van der Waals surface area contributed by atoms with Gasteiger partial charge < -0.3 is 10.6 Å². The smallest absolute Gasteiger partial charge is 0.269 e. The topological polar surface area (TPSA) is 99.8 Å². The largest absolute Gasteiger partial charge is 0.354 e. The van der Waals surface area contributed by atoms with Crippen LogP contribution in [-0.4, -0.2) is 34.0 Å². The summed E-state index contributed by atoms with van der Waals surface area (Å²) >= 11 is 1.54. The standard InChI is InChI=1S/C18H17N5O2S/c1-9-5-3-4-6-10(9)18-20-8-12(26-18)11-7-13(24)21-16-14(11)15(22-23-16)17(25)19-2/h3-6,8,11H,7H2,1-2H3,(H,19,25)(H2,21,22,23,24)/t11-/m1/s1. The van der Waals surface area contributed by atoms with Gasteiger partial charge in [-0.05, 0) is 12.5 Å². The van der Waals surface area contributed by atoms with Crippen molar-refractivity contribution in [1.82, 2.24) is 20.5 Å². The highest BCUT2D eigenvalue weighted by Gasteiger charge is 2.34. The summed E-state index contributed by atoms with van der Waals surface area (Å²) in [7, 11) is 1.56. The Labute approximate surface area is 153 Å². The highest BCUT2D eigenvalue weighted by atomic mass is 32.1. The molecule has 1 aromatic carbocycles. The second-order valence-electron chi connectivity index (χ2n) is 6.13. The van der Waals surface area contributed by atoms with Crippen molar-refractivity contribution in [1.29, 1.82) is 0 Å². The molecule has 0 saturated carbocycles. The van der Waals surface area contributed by atoms with Gasteiger partial charge in [-0.25, -0.2) is 4.98 Å². The number of benzene rings is 1. The molecule has 1 atom stereocenters. The van der Waals surface area contributed by atoms with Crippen LogP contribution in [0.5, 0.6) is 0 Å². The van der Waals surface area contributed by atoms with Crippen molar-refractivity contribution in [3.8, 4) is 10.6 Å². The van der Waals surface area contributed by atoms with Crippen LogP contribution in [0.15, 0.2) is 30.5 Å². The Morgan fingerprint density at radius 1 is 1.35 bits per heavy atom. The first-order valence-electron chi connectivity index (χ1n) is 8.20. The van der Waals surface area contributed by atoms with Gasteiger partial charge in [0, 0.05) is 41.6 Å². The van der Waals surface area contributed by atoms with E-state index in [0.29, 0.717) is 17.1 Å². The quantitative estimate of drug-likeness (QED) is 0.663. The number of nitrogens with zero attached hydrogens (tertiary/aromatic N) is 2. The molecule has 0 unspecified atom stereocenters. The minimum atomic E-state index is -0.261. The number of aromatic amines is 1. The molecule has 2 aromatic heterocycles. The summed E-state index contributed by atoms with van der Waals surface area (Å²) in [6.07, 6.45) is 2.05. The number of thiazole rings is 1. The van der Waals surface area contributed by atoms with E-state index in [4.69, 9.17) is 0 Å². The zero-order valence-electron chi connectivity index (χ0n) is 14.3. The van der Waals surface area contributed by atoms with Crippen LogP contribution in [0.2, 0.25) is 0 Å². The SMILES string of the molecule is CNC(=O)c1[nH]nc2c1[C@@H](c1cnc(-c3ccccc3C)s1)CC(=O)N2. The van der Waals surface area contributed by atoms with Crippen LogP contribution in [-0.2, 0) is 4.79 Å². The van der Waals surface area contributed by atoms with Gasteiger partial charge in [-0.1, -0.05) is 24.3 Å². The molecular weight excluding hydrogens is 350 g/mol. The number of fused-ring (bicyclic) bond motifs is 1. The molecule has 1 aliphatic rings. The molecule has 8 heteroatoms. The average molecular weight is 367 g/mol. The minimum Gasteiger partial charge on any atom is -0.354 e. The lowest BCUT2D eigenvalue weighted by atomic mass is 9.90. The van der Waals surface area contributed by atoms with E-state index in [1.54, 1.807) is 13.2 Å². The molecule has 132 valence electrons. The van der Waals surface area contributed by atoms with Crippen LogP contribution in [0.4, 0.5) is 5.82 Å². The number of hydrogen-bond acceptors (Lipinski definition) is 5. The first-order valence-corrected chi connectivity index (χ1v) is 9.02. The Morgan fingerprint density at radius 3 is 2.92 bits per heavy atom. The number of carbonyl (C=O) groups excluding carboxylic acids is 2. The van der Waals surface area contributed by atoms with Crippen molar-refractivity contribution in [3.63, 3.8) is 0 Å². The number of H-pyrrole nitrogens is 1. The molecule has 3 N–H and O–H groups in total. The Kier molecular flexibility index (Phi) is 4.04. The van der Waals surface area contributed by atoms with Crippen LogP contribution < -0.4 is 10.6 Å². The number of carbonyl (C=O) groups is 2. The number of amides is 2. The molecule has 3 aromatic rings. The van der Waals surface area contributed by atoms with Crippen LogP contribution in [0.3, 0.4) is 0 Å². The zero-order chi connectivity index (χ0) is 18.3. The normalized spacial score (nSPS) is 16.1. The van der Waals surface area contributed by atoms with E-state index in [-0.39, 0.29) is 24.2 Å². The average Bonchev–Trinajstić information content (AvgIpc) is 3.28. The Morgan fingerprint density at radius 2 is 2.15 bits per heavy atom. The third-order valence-electron chi connectivity index (χ3n) is 4.50. The first kappa shape index (κ1) is 16.5. The van der Waals surface area contributed by atoms with Crippen LogP contribution >= 0.6 is 11.3 Å². The zero-order valence-corrected chi connectivity index (χ0v) is 15.1. The molecule has 4 rings (SSSR count). The third kappa shape index (κ3) is 2.68. The van der Waals surface area contributed by atoms with Gasteiger partial charge in [-0.15, -0.1) is 11.3 Å². The van der Waals surface area contributed by atoms with Crippen molar-refractivity contribution in [2.75, 3.05) is 12.4 Å². The number of nitrogens with one attached hydrogen (secondary N) is 3. The fraction of sp³-hybridized carbons (Fsp3) is 0.222. The summed E-state index contributed by atoms with van der Waals surface area (Å²) in [6.45, 7) is 2.04. The molecular formula is C18H17N5O2S. The lowest BCUT2D eigenvalue weighted by Gasteiger charge is -2.21. The molecule has 7 nitrogen and oxygen atoms in total. The van der Waals surface area contributed by atoms with E-state index in [1.165, 1.54) is 11.3 Å². The van der Waals surface area contributed by atoms with Crippen molar-refractivity contribution < 1.29 is 9.59 Å². The van der Waals surface area contributed by atoms with Crippen molar-refractivity contribution in [2.45, 2.75) is 19.3 Å². The van der Waals surface area contributed by atoms with E-state index < -0.39 is 0 Å². The molecule has 2 amide bonds. The highest BCUT2D eigenvalue weighted by Crippen LogP contribution is 2.41. The summed E-state index contributed by atoms with van der Waals surface area (Å²) in [5.74, 6) is -0.220. The van der Waals surface area contributed by atoms with E-state index in [2.05, 4.69) is 25.8 Å². The predicted octanol–water partition coefficient (Wildman–Crippen LogP) is 2.68. The molecule has 0 spiro atoms. The summed E-state index contributed by atoms with van der Waals surface area (Å²) in [5.41, 5.74) is 3.30. The van der Waals surface area contributed by atoms with E-state index in [1.807, 2.05) is 31.2 Å². The maximum Gasteiger partial charge on any atom is 0.269 e. The number of rotatable bonds is 3. The Bertz CT molecular complexity index is 1010. The molecule has 0 aliphatic carbocycles. The highest BCUT2D eigenvalue weighted by molar-refractivity contribution is 7.15. The van der Waals surface area contributed by atoms with Crippen LogP contribution in [0.25, 0.3) is 10.6 Å². The van der Waals surface area contributed by atoms with Crippen molar-refractivity contribution >= 4 is 29.0 Å².